The van der Waals surface area contributed by atoms with Gasteiger partial charge in [0.05, 0.1) is 5.69 Å². The van der Waals surface area contributed by atoms with Gasteiger partial charge in [0.2, 0.25) is 0 Å². The summed E-state index contributed by atoms with van der Waals surface area (Å²) < 4.78 is 50.9. The molecule has 4 nitrogen and oxygen atoms in total. The minimum atomic E-state index is -4.18. The van der Waals surface area contributed by atoms with Crippen LogP contribution in [0.5, 0.6) is 0 Å². The van der Waals surface area contributed by atoms with Gasteiger partial charge >= 0.3 is 18.3 Å². The molecule has 0 amide bonds. The van der Waals surface area contributed by atoms with Crippen LogP contribution in [0.3, 0.4) is 0 Å². The summed E-state index contributed by atoms with van der Waals surface area (Å²) in [7, 11) is 0. The molecule has 19 heavy (non-hydrogen) atoms. The van der Waals surface area contributed by atoms with Crippen LogP contribution in [0.1, 0.15) is 17.0 Å². The number of alkyl halides is 4. The zero-order chi connectivity index (χ0) is 14.8. The molecule has 0 saturated carbocycles. The Morgan fingerprint density at radius 3 is 2.53 bits per heavy atom. The van der Waals surface area contributed by atoms with E-state index in [1.165, 1.54) is 19.9 Å². The average Bonchev–Trinajstić information content (AvgIpc) is 2.51. The van der Waals surface area contributed by atoms with Crippen LogP contribution in [0, 0.1) is 13.8 Å². The standard InChI is InChI=1S/C11H12F4N2O2/c1-6-8(3-4-9(18)19)7(2)17(16-6)5-11(14,15)10(12)13/h3-4,10H,5H2,1-2H3,(H,18,19). The predicted octanol–water partition coefficient (Wildman–Crippen LogP) is 2.50. The number of nitrogens with zero attached hydrogens (tertiary/aromatic N) is 2. The van der Waals surface area contributed by atoms with E-state index < -0.39 is 24.9 Å². The van der Waals surface area contributed by atoms with Crippen LogP contribution in [-0.4, -0.2) is 33.2 Å². The van der Waals surface area contributed by atoms with Crippen molar-refractivity contribution in [1.29, 1.82) is 0 Å². The first-order chi connectivity index (χ1) is 8.65. The summed E-state index contributed by atoms with van der Waals surface area (Å²) >= 11 is 0. The van der Waals surface area contributed by atoms with Gasteiger partial charge in [-0.1, -0.05) is 0 Å². The monoisotopic (exact) mass is 280 g/mol. The molecule has 1 aromatic heterocycles. The Morgan fingerprint density at radius 2 is 2.05 bits per heavy atom. The normalized spacial score (nSPS) is 12.6. The molecule has 1 rings (SSSR count). The fourth-order valence-corrected chi connectivity index (χ4v) is 1.53. The molecule has 0 fully saturated rings. The lowest BCUT2D eigenvalue weighted by atomic mass is 10.2. The van der Waals surface area contributed by atoms with Gasteiger partial charge in [-0.05, 0) is 19.9 Å². The van der Waals surface area contributed by atoms with Crippen molar-refractivity contribution >= 4 is 12.0 Å². The molecule has 0 aliphatic carbocycles. The molecule has 0 radical (unpaired) electrons. The number of aliphatic carboxylic acids is 1. The van der Waals surface area contributed by atoms with E-state index in [4.69, 9.17) is 5.11 Å². The summed E-state index contributed by atoms with van der Waals surface area (Å²) in [5.41, 5.74) is 0.822. The van der Waals surface area contributed by atoms with Crippen LogP contribution >= 0.6 is 0 Å². The average molecular weight is 280 g/mol. The first-order valence-corrected chi connectivity index (χ1v) is 5.26. The Kier molecular flexibility index (Phi) is 4.33. The van der Waals surface area contributed by atoms with Gasteiger partial charge in [0.25, 0.3) is 0 Å². The lowest BCUT2D eigenvalue weighted by molar-refractivity contribution is -0.139. The van der Waals surface area contributed by atoms with Gasteiger partial charge in [0.1, 0.15) is 6.54 Å². The Morgan fingerprint density at radius 1 is 1.47 bits per heavy atom. The van der Waals surface area contributed by atoms with Crippen molar-refractivity contribution in [1.82, 2.24) is 9.78 Å². The molecule has 0 aliphatic rings. The molecule has 0 atom stereocenters. The van der Waals surface area contributed by atoms with E-state index in [-0.39, 0.29) is 5.69 Å². The summed E-state index contributed by atoms with van der Waals surface area (Å²) in [6.07, 6.45) is -1.77. The fraction of sp³-hybridized carbons (Fsp3) is 0.455. The number of carboxylic acid groups (broad SMARTS) is 1. The smallest absolute Gasteiger partial charge is 0.328 e. The highest BCUT2D eigenvalue weighted by Crippen LogP contribution is 2.26. The molecule has 0 bridgehead atoms. The fourth-order valence-electron chi connectivity index (χ4n) is 1.53. The molecule has 1 heterocycles. The second kappa shape index (κ2) is 5.41. The maximum absolute atomic E-state index is 12.9. The summed E-state index contributed by atoms with van der Waals surface area (Å²) in [5, 5.41) is 12.2. The number of rotatable bonds is 5. The van der Waals surface area contributed by atoms with Crippen LogP contribution < -0.4 is 0 Å². The van der Waals surface area contributed by atoms with Gasteiger partial charge in [-0.25, -0.2) is 13.6 Å². The third kappa shape index (κ3) is 3.55. The van der Waals surface area contributed by atoms with E-state index in [1.54, 1.807) is 0 Å². The highest BCUT2D eigenvalue weighted by atomic mass is 19.3. The lowest BCUT2D eigenvalue weighted by Crippen LogP contribution is -2.33. The number of aryl methyl sites for hydroxylation is 1. The van der Waals surface area contributed by atoms with Crippen LogP contribution in [0.25, 0.3) is 6.08 Å². The maximum atomic E-state index is 12.9. The van der Waals surface area contributed by atoms with Crippen LogP contribution in [0.15, 0.2) is 6.08 Å². The molecule has 1 N–H and O–H groups in total. The molecule has 1 aromatic rings. The minimum absolute atomic E-state index is 0.204. The topological polar surface area (TPSA) is 55.1 Å². The summed E-state index contributed by atoms with van der Waals surface area (Å²) in [5.74, 6) is -5.39. The van der Waals surface area contributed by atoms with Gasteiger partial charge in [0, 0.05) is 17.3 Å². The summed E-state index contributed by atoms with van der Waals surface area (Å²) in [6.45, 7) is 1.63. The Hall–Kier alpha value is -1.86. The quantitative estimate of drug-likeness (QED) is 0.666. The van der Waals surface area contributed by atoms with Crippen LogP contribution in [-0.2, 0) is 11.3 Å². The molecule has 8 heteroatoms. The highest BCUT2D eigenvalue weighted by molar-refractivity contribution is 5.85. The molecule has 0 aromatic carbocycles. The van der Waals surface area contributed by atoms with Gasteiger partial charge in [-0.2, -0.15) is 13.9 Å². The SMILES string of the molecule is Cc1nn(CC(F)(F)C(F)F)c(C)c1C=CC(=O)O. The molecule has 0 saturated heterocycles. The number of carbonyl (C=O) groups is 1. The Balaban J connectivity index is 3.07. The third-order valence-electron chi connectivity index (χ3n) is 2.51. The molecule has 0 unspecified atom stereocenters. The largest absolute Gasteiger partial charge is 0.478 e. The first-order valence-electron chi connectivity index (χ1n) is 5.26. The Labute approximate surface area is 106 Å². The molecular formula is C11H12F4N2O2. The van der Waals surface area contributed by atoms with E-state index in [9.17, 15) is 22.4 Å². The van der Waals surface area contributed by atoms with Gasteiger partial charge in [-0.3, -0.25) is 4.68 Å². The van der Waals surface area contributed by atoms with Gasteiger partial charge < -0.3 is 5.11 Å². The van der Waals surface area contributed by atoms with E-state index in [0.29, 0.717) is 11.3 Å². The van der Waals surface area contributed by atoms with E-state index in [0.717, 1.165) is 10.8 Å². The third-order valence-corrected chi connectivity index (χ3v) is 2.51. The van der Waals surface area contributed by atoms with Crippen molar-refractivity contribution in [2.45, 2.75) is 32.7 Å². The summed E-state index contributed by atoms with van der Waals surface area (Å²) in [6, 6.07) is 0. The number of halogens is 4. The van der Waals surface area contributed by atoms with Gasteiger partial charge in [0.15, 0.2) is 0 Å². The molecule has 0 aliphatic heterocycles. The van der Waals surface area contributed by atoms with Gasteiger partial charge in [-0.15, -0.1) is 0 Å². The maximum Gasteiger partial charge on any atom is 0.328 e. The predicted molar refractivity (Wildman–Crippen MR) is 59.3 cm³/mol. The Bertz CT molecular complexity index is 509. The van der Waals surface area contributed by atoms with Crippen molar-refractivity contribution in [3.63, 3.8) is 0 Å². The molecule has 106 valence electrons. The van der Waals surface area contributed by atoms with Crippen LogP contribution in [0.4, 0.5) is 17.6 Å². The van der Waals surface area contributed by atoms with Crippen molar-refractivity contribution in [3.05, 3.63) is 23.0 Å². The van der Waals surface area contributed by atoms with Crippen molar-refractivity contribution in [2.75, 3.05) is 0 Å². The number of aromatic nitrogens is 2. The summed E-state index contributed by atoms with van der Waals surface area (Å²) in [4.78, 5) is 10.4. The first kappa shape index (κ1) is 15.2. The van der Waals surface area contributed by atoms with Crippen molar-refractivity contribution in [3.8, 4) is 0 Å². The number of hydrogen-bond acceptors (Lipinski definition) is 2. The van der Waals surface area contributed by atoms with Crippen LogP contribution in [0.2, 0.25) is 0 Å². The molecule has 0 spiro atoms. The second-order valence-corrected chi connectivity index (χ2v) is 3.98. The number of hydrogen-bond donors (Lipinski definition) is 1. The second-order valence-electron chi connectivity index (χ2n) is 3.98. The number of carboxylic acids is 1. The van der Waals surface area contributed by atoms with E-state index in [1.807, 2.05) is 0 Å². The zero-order valence-corrected chi connectivity index (χ0v) is 10.2. The van der Waals surface area contributed by atoms with E-state index >= 15 is 0 Å². The molecular weight excluding hydrogens is 268 g/mol. The van der Waals surface area contributed by atoms with E-state index in [2.05, 4.69) is 5.10 Å². The highest BCUT2D eigenvalue weighted by Gasteiger charge is 2.41. The lowest BCUT2D eigenvalue weighted by Gasteiger charge is -2.15. The van der Waals surface area contributed by atoms with Crippen molar-refractivity contribution < 1.29 is 27.5 Å². The minimum Gasteiger partial charge on any atom is -0.478 e. The van der Waals surface area contributed by atoms with Crippen molar-refractivity contribution in [2.24, 2.45) is 0 Å². The zero-order valence-electron chi connectivity index (χ0n) is 10.2.